The minimum absolute atomic E-state index is 0.226. The predicted molar refractivity (Wildman–Crippen MR) is 69.9 cm³/mol. The molecule has 0 bridgehead atoms. The summed E-state index contributed by atoms with van der Waals surface area (Å²) in [4.78, 5) is 0. The van der Waals surface area contributed by atoms with Crippen molar-refractivity contribution in [3.8, 4) is 0 Å². The largest absolute Gasteiger partial charge is 0.321 e. The number of allylic oxidation sites excluding steroid dienone is 2. The average molecular weight is 213 g/mol. The molecule has 0 saturated heterocycles. The standard InChI is InChI=1S/C15H19N/c1-12(2)15(16)11-7-6-10-14(15)13-8-4-3-5-9-13/h3-10,12H,11,16H2,1-2H3. The second kappa shape index (κ2) is 4.26. The van der Waals surface area contributed by atoms with Gasteiger partial charge in [-0.3, -0.25) is 0 Å². The maximum atomic E-state index is 6.56. The Balaban J connectivity index is 2.45. The highest BCUT2D eigenvalue weighted by molar-refractivity contribution is 5.76. The van der Waals surface area contributed by atoms with Crippen molar-refractivity contribution in [2.45, 2.75) is 25.8 Å². The monoisotopic (exact) mass is 213 g/mol. The molecule has 1 aromatic rings. The van der Waals surface area contributed by atoms with Crippen molar-refractivity contribution in [3.05, 3.63) is 54.1 Å². The maximum Gasteiger partial charge on any atom is 0.0473 e. The molecule has 0 amide bonds. The molecule has 2 N–H and O–H groups in total. The molecule has 1 aliphatic rings. The predicted octanol–water partition coefficient (Wildman–Crippen LogP) is 3.38. The highest BCUT2D eigenvalue weighted by atomic mass is 14.8. The summed E-state index contributed by atoms with van der Waals surface area (Å²) in [5.74, 6) is 0.434. The van der Waals surface area contributed by atoms with Crippen LogP contribution in [0.3, 0.4) is 0 Å². The van der Waals surface area contributed by atoms with Gasteiger partial charge < -0.3 is 5.73 Å². The lowest BCUT2D eigenvalue weighted by molar-refractivity contribution is 0.400. The molecular formula is C15H19N. The third-order valence-corrected chi connectivity index (χ3v) is 3.47. The van der Waals surface area contributed by atoms with Gasteiger partial charge in [-0.1, -0.05) is 62.4 Å². The number of nitrogens with two attached hydrogens (primary N) is 1. The zero-order valence-electron chi connectivity index (χ0n) is 9.98. The van der Waals surface area contributed by atoms with Gasteiger partial charge in [-0.15, -0.1) is 0 Å². The minimum Gasteiger partial charge on any atom is -0.321 e. The molecule has 1 nitrogen and oxygen atoms in total. The first-order valence-electron chi connectivity index (χ1n) is 5.86. The van der Waals surface area contributed by atoms with E-state index in [1.165, 1.54) is 11.1 Å². The molecule has 1 atom stereocenters. The summed E-state index contributed by atoms with van der Waals surface area (Å²) in [7, 11) is 0. The Hall–Kier alpha value is -1.34. The molecule has 16 heavy (non-hydrogen) atoms. The van der Waals surface area contributed by atoms with Crippen LogP contribution in [0.1, 0.15) is 25.8 Å². The minimum atomic E-state index is -0.226. The zero-order valence-corrected chi connectivity index (χ0v) is 9.98. The Morgan fingerprint density at radius 1 is 1.19 bits per heavy atom. The van der Waals surface area contributed by atoms with Crippen molar-refractivity contribution in [2.75, 3.05) is 0 Å². The Morgan fingerprint density at radius 2 is 1.88 bits per heavy atom. The van der Waals surface area contributed by atoms with E-state index in [9.17, 15) is 0 Å². The van der Waals surface area contributed by atoms with Crippen LogP contribution in [-0.2, 0) is 0 Å². The maximum absolute atomic E-state index is 6.56. The summed E-state index contributed by atoms with van der Waals surface area (Å²) in [6, 6.07) is 10.4. The van der Waals surface area contributed by atoms with Crippen molar-refractivity contribution in [1.82, 2.24) is 0 Å². The first-order valence-corrected chi connectivity index (χ1v) is 5.86. The highest BCUT2D eigenvalue weighted by Crippen LogP contribution is 2.36. The fourth-order valence-electron chi connectivity index (χ4n) is 2.22. The molecule has 0 aromatic heterocycles. The fraction of sp³-hybridized carbons (Fsp3) is 0.333. The lowest BCUT2D eigenvalue weighted by Gasteiger charge is -2.37. The van der Waals surface area contributed by atoms with E-state index in [1.54, 1.807) is 0 Å². The molecule has 0 radical (unpaired) electrons. The van der Waals surface area contributed by atoms with Gasteiger partial charge in [0.1, 0.15) is 0 Å². The molecule has 84 valence electrons. The molecular weight excluding hydrogens is 194 g/mol. The van der Waals surface area contributed by atoms with Gasteiger partial charge in [0.2, 0.25) is 0 Å². The van der Waals surface area contributed by atoms with Crippen LogP contribution in [-0.4, -0.2) is 5.54 Å². The molecule has 1 unspecified atom stereocenters. The van der Waals surface area contributed by atoms with E-state index >= 15 is 0 Å². The molecule has 0 heterocycles. The Kier molecular flexibility index (Phi) is 2.97. The third kappa shape index (κ3) is 1.83. The van der Waals surface area contributed by atoms with Gasteiger partial charge in [-0.05, 0) is 23.5 Å². The lowest BCUT2D eigenvalue weighted by atomic mass is 9.73. The first kappa shape index (κ1) is 11.2. The topological polar surface area (TPSA) is 26.0 Å². The molecule has 0 spiro atoms. The molecule has 1 heteroatoms. The van der Waals surface area contributed by atoms with E-state index in [0.717, 1.165) is 6.42 Å². The first-order chi connectivity index (χ1) is 7.64. The quantitative estimate of drug-likeness (QED) is 0.800. The van der Waals surface area contributed by atoms with Gasteiger partial charge in [-0.2, -0.15) is 0 Å². The van der Waals surface area contributed by atoms with Gasteiger partial charge >= 0.3 is 0 Å². The van der Waals surface area contributed by atoms with Crippen LogP contribution >= 0.6 is 0 Å². The van der Waals surface area contributed by atoms with Crippen LogP contribution in [0.5, 0.6) is 0 Å². The Labute approximate surface area is 97.7 Å². The second-order valence-electron chi connectivity index (χ2n) is 4.77. The molecule has 1 aromatic carbocycles. The van der Waals surface area contributed by atoms with Crippen molar-refractivity contribution in [2.24, 2.45) is 11.7 Å². The lowest BCUT2D eigenvalue weighted by Crippen LogP contribution is -2.46. The van der Waals surface area contributed by atoms with Gasteiger partial charge in [-0.25, -0.2) is 0 Å². The van der Waals surface area contributed by atoms with E-state index in [1.807, 2.05) is 6.07 Å². The molecule has 0 fully saturated rings. The van der Waals surface area contributed by atoms with Crippen LogP contribution in [0.4, 0.5) is 0 Å². The summed E-state index contributed by atoms with van der Waals surface area (Å²) in [5.41, 5.74) is 8.83. The molecule has 0 aliphatic heterocycles. The van der Waals surface area contributed by atoms with Gasteiger partial charge in [0.05, 0.1) is 0 Å². The van der Waals surface area contributed by atoms with Gasteiger partial charge in [0, 0.05) is 5.54 Å². The average Bonchev–Trinajstić information content (AvgIpc) is 2.30. The summed E-state index contributed by atoms with van der Waals surface area (Å²) < 4.78 is 0. The highest BCUT2D eigenvalue weighted by Gasteiger charge is 2.33. The van der Waals surface area contributed by atoms with Crippen molar-refractivity contribution < 1.29 is 0 Å². The normalized spacial score (nSPS) is 24.6. The Morgan fingerprint density at radius 3 is 2.50 bits per heavy atom. The SMILES string of the molecule is CC(C)C1(N)CC=CC=C1c1ccccc1. The number of hydrogen-bond acceptors (Lipinski definition) is 1. The zero-order chi connectivity index (χ0) is 11.6. The summed E-state index contributed by atoms with van der Waals surface area (Å²) in [5, 5.41) is 0. The summed E-state index contributed by atoms with van der Waals surface area (Å²) >= 11 is 0. The van der Waals surface area contributed by atoms with Crippen molar-refractivity contribution in [3.63, 3.8) is 0 Å². The van der Waals surface area contributed by atoms with E-state index in [-0.39, 0.29) is 5.54 Å². The second-order valence-corrected chi connectivity index (χ2v) is 4.77. The van der Waals surface area contributed by atoms with Crippen LogP contribution < -0.4 is 5.73 Å². The summed E-state index contributed by atoms with van der Waals surface area (Å²) in [6.45, 7) is 4.38. The van der Waals surface area contributed by atoms with E-state index < -0.39 is 0 Å². The van der Waals surface area contributed by atoms with Crippen LogP contribution in [0.2, 0.25) is 0 Å². The van der Waals surface area contributed by atoms with Gasteiger partial charge in [0.25, 0.3) is 0 Å². The number of benzene rings is 1. The Bertz CT molecular complexity index is 414. The fourth-order valence-corrected chi connectivity index (χ4v) is 2.22. The smallest absolute Gasteiger partial charge is 0.0473 e. The number of hydrogen-bond donors (Lipinski definition) is 1. The third-order valence-electron chi connectivity index (χ3n) is 3.47. The van der Waals surface area contributed by atoms with E-state index in [4.69, 9.17) is 5.73 Å². The molecule has 1 aliphatic carbocycles. The van der Waals surface area contributed by atoms with E-state index in [2.05, 4.69) is 56.3 Å². The van der Waals surface area contributed by atoms with Crippen molar-refractivity contribution >= 4 is 5.57 Å². The molecule has 2 rings (SSSR count). The van der Waals surface area contributed by atoms with Gasteiger partial charge in [0.15, 0.2) is 0 Å². The summed E-state index contributed by atoms with van der Waals surface area (Å²) in [6.07, 6.45) is 7.34. The van der Waals surface area contributed by atoms with Crippen molar-refractivity contribution in [1.29, 1.82) is 0 Å². The number of rotatable bonds is 2. The van der Waals surface area contributed by atoms with Crippen LogP contribution in [0, 0.1) is 5.92 Å². The van der Waals surface area contributed by atoms with Crippen LogP contribution in [0.15, 0.2) is 48.6 Å². The molecule has 0 saturated carbocycles. The van der Waals surface area contributed by atoms with Crippen LogP contribution in [0.25, 0.3) is 5.57 Å². The van der Waals surface area contributed by atoms with E-state index in [0.29, 0.717) is 5.92 Å².